The Morgan fingerprint density at radius 3 is 2.62 bits per heavy atom. The molecule has 0 unspecified atom stereocenters. The van der Waals surface area contributed by atoms with E-state index >= 15 is 0 Å². The molecule has 0 amide bonds. The van der Waals surface area contributed by atoms with Crippen molar-refractivity contribution in [2.24, 2.45) is 0 Å². The number of halogens is 2. The lowest BCUT2D eigenvalue weighted by molar-refractivity contribution is 0.0992. The minimum atomic E-state index is -2.59. The third kappa shape index (κ3) is 4.84. The summed E-state index contributed by atoms with van der Waals surface area (Å²) in [6.45, 7) is 2.01. The molecule has 1 aliphatic heterocycles. The van der Waals surface area contributed by atoms with E-state index in [1.54, 1.807) is 12.4 Å². The smallest absolute Gasteiger partial charge is 0.265 e. The maximum atomic E-state index is 13.1. The van der Waals surface area contributed by atoms with E-state index in [4.69, 9.17) is 0 Å². The summed E-state index contributed by atoms with van der Waals surface area (Å²) in [7, 11) is 0. The van der Waals surface area contributed by atoms with Gasteiger partial charge in [0.25, 0.3) is 6.43 Å². The molecule has 7 heteroatoms. The predicted molar refractivity (Wildman–Crippen MR) is 127 cm³/mol. The summed E-state index contributed by atoms with van der Waals surface area (Å²) < 4.78 is 26.1. The second-order valence-electron chi connectivity index (χ2n) is 8.65. The van der Waals surface area contributed by atoms with Crippen LogP contribution in [0, 0.1) is 0 Å². The third-order valence-corrected chi connectivity index (χ3v) is 6.33. The maximum absolute atomic E-state index is 13.1. The number of hydrogen-bond acceptors (Lipinski definition) is 5. The van der Waals surface area contributed by atoms with Crippen molar-refractivity contribution in [3.05, 3.63) is 89.6 Å². The molecule has 4 aromatic rings. The Balaban J connectivity index is 1.38. The summed E-state index contributed by atoms with van der Waals surface area (Å²) in [6.07, 6.45) is 5.76. The number of rotatable bonds is 6. The minimum Gasteiger partial charge on any atom is -0.317 e. The third-order valence-electron chi connectivity index (χ3n) is 6.33. The van der Waals surface area contributed by atoms with E-state index in [-0.39, 0.29) is 17.8 Å². The van der Waals surface area contributed by atoms with E-state index in [9.17, 15) is 13.6 Å². The van der Waals surface area contributed by atoms with Gasteiger partial charge < -0.3 is 5.32 Å². The van der Waals surface area contributed by atoms with Crippen molar-refractivity contribution in [2.75, 3.05) is 13.1 Å². The molecule has 1 fully saturated rings. The Labute approximate surface area is 196 Å². The fourth-order valence-corrected chi connectivity index (χ4v) is 4.44. The minimum absolute atomic E-state index is 0.0192. The number of aromatic nitrogens is 3. The lowest BCUT2D eigenvalue weighted by atomic mass is 9.88. The highest BCUT2D eigenvalue weighted by Gasteiger charge is 2.17. The van der Waals surface area contributed by atoms with Gasteiger partial charge in [0.15, 0.2) is 5.78 Å². The van der Waals surface area contributed by atoms with Gasteiger partial charge in [-0.2, -0.15) is 0 Å². The summed E-state index contributed by atoms with van der Waals surface area (Å²) in [5.41, 5.74) is 3.48. The topological polar surface area (TPSA) is 67.8 Å². The second-order valence-corrected chi connectivity index (χ2v) is 8.65. The van der Waals surface area contributed by atoms with Gasteiger partial charge in [0, 0.05) is 52.6 Å². The van der Waals surface area contributed by atoms with Crippen LogP contribution < -0.4 is 5.32 Å². The highest BCUT2D eigenvalue weighted by Crippen LogP contribution is 2.27. The van der Waals surface area contributed by atoms with Gasteiger partial charge in [0.2, 0.25) is 0 Å². The highest BCUT2D eigenvalue weighted by atomic mass is 19.3. The molecule has 0 spiro atoms. The van der Waals surface area contributed by atoms with Gasteiger partial charge in [0.1, 0.15) is 0 Å². The molecular formula is C27H24F2N4O. The monoisotopic (exact) mass is 458 g/mol. The van der Waals surface area contributed by atoms with E-state index < -0.39 is 6.43 Å². The second kappa shape index (κ2) is 9.73. The van der Waals surface area contributed by atoms with Crippen molar-refractivity contribution in [3.8, 4) is 11.3 Å². The zero-order valence-corrected chi connectivity index (χ0v) is 18.5. The summed E-state index contributed by atoms with van der Waals surface area (Å²) >= 11 is 0. The summed E-state index contributed by atoms with van der Waals surface area (Å²) in [5, 5.41) is 5.03. The number of nitrogens with one attached hydrogen (secondary N) is 1. The van der Waals surface area contributed by atoms with Gasteiger partial charge in [0.05, 0.1) is 12.1 Å². The molecule has 5 rings (SSSR count). The molecule has 5 nitrogen and oxygen atoms in total. The first-order valence-electron chi connectivity index (χ1n) is 11.4. The van der Waals surface area contributed by atoms with Gasteiger partial charge in [-0.15, -0.1) is 0 Å². The standard InChI is InChI=1S/C27H24F2N4O/c28-27(29)22-9-21(13-31-14-22)25-11-20-10-24(32-15-23(20)16-33-25)12-26(34)19-3-1-2-18(8-19)17-4-6-30-7-5-17/h1-3,8-11,13-17,27,30H,4-7,12H2. The van der Waals surface area contributed by atoms with Gasteiger partial charge in [-0.25, -0.2) is 8.78 Å². The number of alkyl halides is 2. The molecule has 0 bridgehead atoms. The molecule has 1 aliphatic rings. The van der Waals surface area contributed by atoms with Crippen LogP contribution in [0.4, 0.5) is 8.78 Å². The molecule has 0 aliphatic carbocycles. The Hall–Kier alpha value is -3.58. The van der Waals surface area contributed by atoms with Gasteiger partial charge >= 0.3 is 0 Å². The largest absolute Gasteiger partial charge is 0.317 e. The zero-order chi connectivity index (χ0) is 23.5. The summed E-state index contributed by atoms with van der Waals surface area (Å²) in [6, 6.07) is 13.0. The van der Waals surface area contributed by atoms with Crippen LogP contribution in [0.5, 0.6) is 0 Å². The van der Waals surface area contributed by atoms with Gasteiger partial charge in [-0.1, -0.05) is 18.2 Å². The molecule has 172 valence electrons. The van der Waals surface area contributed by atoms with Crippen LogP contribution in [-0.4, -0.2) is 33.8 Å². The Morgan fingerprint density at radius 2 is 1.79 bits per heavy atom. The van der Waals surface area contributed by atoms with Crippen LogP contribution in [0.2, 0.25) is 0 Å². The predicted octanol–water partition coefficient (Wildman–Crippen LogP) is 5.52. The van der Waals surface area contributed by atoms with Crippen LogP contribution in [0.15, 0.2) is 67.3 Å². The zero-order valence-electron chi connectivity index (χ0n) is 18.5. The van der Waals surface area contributed by atoms with Crippen LogP contribution in [-0.2, 0) is 6.42 Å². The number of piperidine rings is 1. The van der Waals surface area contributed by atoms with Crippen molar-refractivity contribution in [3.63, 3.8) is 0 Å². The van der Waals surface area contributed by atoms with Gasteiger partial charge in [-0.05, 0) is 67.1 Å². The molecule has 34 heavy (non-hydrogen) atoms. The number of benzene rings is 1. The van der Waals surface area contributed by atoms with E-state index in [1.807, 2.05) is 30.3 Å². The molecule has 3 aromatic heterocycles. The van der Waals surface area contributed by atoms with E-state index in [0.717, 1.165) is 42.9 Å². The first kappa shape index (κ1) is 22.2. The SMILES string of the molecule is O=C(Cc1cc2cc(-c3cncc(C(F)F)c3)ncc2cn1)c1cccc(C2CCNCC2)c1. The highest BCUT2D eigenvalue weighted by molar-refractivity contribution is 5.98. The summed E-state index contributed by atoms with van der Waals surface area (Å²) in [5.74, 6) is 0.502. The normalized spacial score (nSPS) is 14.6. The first-order chi connectivity index (χ1) is 16.6. The van der Waals surface area contributed by atoms with Crippen LogP contribution in [0.1, 0.15) is 52.4 Å². The molecule has 0 radical (unpaired) electrons. The van der Waals surface area contributed by atoms with Crippen molar-refractivity contribution in [1.82, 2.24) is 20.3 Å². The molecule has 0 atom stereocenters. The van der Waals surface area contributed by atoms with E-state index in [2.05, 4.69) is 26.3 Å². The Bertz CT molecular complexity index is 1340. The maximum Gasteiger partial charge on any atom is 0.265 e. The van der Waals surface area contributed by atoms with Crippen molar-refractivity contribution in [1.29, 1.82) is 0 Å². The number of pyridine rings is 3. The van der Waals surface area contributed by atoms with E-state index in [0.29, 0.717) is 28.4 Å². The number of fused-ring (bicyclic) bond motifs is 1. The number of Topliss-reactive ketones (excluding diaryl/α,β-unsaturated/α-hetero) is 1. The van der Waals surface area contributed by atoms with Crippen molar-refractivity contribution in [2.45, 2.75) is 31.6 Å². The van der Waals surface area contributed by atoms with Crippen LogP contribution in [0.3, 0.4) is 0 Å². The lowest BCUT2D eigenvalue weighted by Crippen LogP contribution is -2.26. The fraction of sp³-hybridized carbons (Fsp3) is 0.259. The van der Waals surface area contributed by atoms with Crippen molar-refractivity contribution >= 4 is 16.6 Å². The Kier molecular flexibility index (Phi) is 6.36. The molecule has 1 aromatic carbocycles. The van der Waals surface area contributed by atoms with E-state index in [1.165, 1.54) is 17.8 Å². The quantitative estimate of drug-likeness (QED) is 0.385. The average molecular weight is 459 g/mol. The lowest BCUT2D eigenvalue weighted by Gasteiger charge is -2.23. The van der Waals surface area contributed by atoms with Crippen LogP contribution in [0.25, 0.3) is 22.0 Å². The Morgan fingerprint density at radius 1 is 0.971 bits per heavy atom. The number of carbonyl (C=O) groups excluding carboxylic acids is 1. The number of nitrogens with zero attached hydrogens (tertiary/aromatic N) is 3. The molecule has 1 saturated heterocycles. The van der Waals surface area contributed by atoms with Crippen molar-refractivity contribution < 1.29 is 13.6 Å². The summed E-state index contributed by atoms with van der Waals surface area (Å²) in [4.78, 5) is 25.8. The number of hydrogen-bond donors (Lipinski definition) is 1. The van der Waals surface area contributed by atoms with Crippen LogP contribution >= 0.6 is 0 Å². The molecule has 4 heterocycles. The average Bonchev–Trinajstić information content (AvgIpc) is 2.89. The molecular weight excluding hydrogens is 434 g/mol. The number of carbonyl (C=O) groups is 1. The molecule has 0 saturated carbocycles. The molecule has 1 N–H and O–H groups in total. The van der Waals surface area contributed by atoms with Gasteiger partial charge in [-0.3, -0.25) is 19.7 Å². The first-order valence-corrected chi connectivity index (χ1v) is 11.4. The fourth-order valence-electron chi connectivity index (χ4n) is 4.44. The number of ketones is 1.